The van der Waals surface area contributed by atoms with Crippen LogP contribution in [-0.4, -0.2) is 19.7 Å². The lowest BCUT2D eigenvalue weighted by Gasteiger charge is -2.11. The molecule has 1 aromatic carbocycles. The average Bonchev–Trinajstić information content (AvgIpc) is 2.94. The van der Waals surface area contributed by atoms with E-state index in [1.54, 1.807) is 12.4 Å². The minimum Gasteiger partial charge on any atom is -0.352 e. The molecule has 0 aliphatic heterocycles. The summed E-state index contributed by atoms with van der Waals surface area (Å²) >= 11 is 1.49. The highest BCUT2D eigenvalue weighted by Gasteiger charge is 2.13. The molecule has 0 saturated heterocycles. The zero-order valence-electron chi connectivity index (χ0n) is 10.5. The van der Waals surface area contributed by atoms with Gasteiger partial charge in [-0.3, -0.25) is 0 Å². The van der Waals surface area contributed by atoms with Crippen LogP contribution >= 0.6 is 11.3 Å². The van der Waals surface area contributed by atoms with Crippen molar-refractivity contribution in [3.8, 4) is 0 Å². The van der Waals surface area contributed by atoms with Crippen LogP contribution in [0.25, 0.3) is 10.2 Å². The number of benzene rings is 1. The first-order chi connectivity index (χ1) is 9.13. The Balaban J connectivity index is 1.87. The lowest BCUT2D eigenvalue weighted by atomic mass is 10.3. The molecule has 1 atom stereocenters. The molecule has 2 aromatic heterocycles. The number of rotatable bonds is 3. The molecular weight excluding hydrogens is 265 g/mol. The van der Waals surface area contributed by atoms with E-state index in [-0.39, 0.29) is 11.9 Å². The third kappa shape index (κ3) is 2.28. The van der Waals surface area contributed by atoms with Gasteiger partial charge in [-0.2, -0.15) is 0 Å². The van der Waals surface area contributed by atoms with Gasteiger partial charge < -0.3 is 9.88 Å². The number of anilines is 1. The third-order valence-electron chi connectivity index (χ3n) is 2.82. The molecule has 0 spiro atoms. The highest BCUT2D eigenvalue weighted by molar-refractivity contribution is 7.22. The van der Waals surface area contributed by atoms with Crippen LogP contribution in [0.2, 0.25) is 0 Å². The molecule has 19 heavy (non-hydrogen) atoms. The Morgan fingerprint density at radius 1 is 1.42 bits per heavy atom. The van der Waals surface area contributed by atoms with Crippen molar-refractivity contribution in [3.63, 3.8) is 0 Å². The Hall–Kier alpha value is -2.02. The van der Waals surface area contributed by atoms with Gasteiger partial charge in [-0.05, 0) is 19.1 Å². The van der Waals surface area contributed by atoms with Crippen LogP contribution in [0.3, 0.4) is 0 Å². The second-order valence-corrected chi connectivity index (χ2v) is 5.33. The maximum absolute atomic E-state index is 13.1. The van der Waals surface area contributed by atoms with Crippen LogP contribution in [0.4, 0.5) is 9.52 Å². The van der Waals surface area contributed by atoms with E-state index in [0.717, 1.165) is 15.7 Å². The molecule has 0 aliphatic carbocycles. The molecule has 3 rings (SSSR count). The summed E-state index contributed by atoms with van der Waals surface area (Å²) in [7, 11) is 1.89. The van der Waals surface area contributed by atoms with E-state index in [1.165, 1.54) is 23.5 Å². The smallest absolute Gasteiger partial charge is 0.184 e. The average molecular weight is 277 g/mol. The molecule has 0 saturated carbocycles. The highest BCUT2D eigenvalue weighted by Crippen LogP contribution is 2.28. The number of nitrogens with zero attached hydrogens (tertiary/aromatic N) is 4. The monoisotopic (exact) mass is 277 g/mol. The Labute approximate surface area is 113 Å². The van der Waals surface area contributed by atoms with E-state index < -0.39 is 0 Å². The van der Waals surface area contributed by atoms with Crippen molar-refractivity contribution in [1.82, 2.24) is 19.7 Å². The number of hydrogen-bond acceptors (Lipinski definition) is 5. The maximum Gasteiger partial charge on any atom is 0.184 e. The first kappa shape index (κ1) is 12.0. The molecule has 98 valence electrons. The van der Waals surface area contributed by atoms with Gasteiger partial charge in [0.15, 0.2) is 11.0 Å². The van der Waals surface area contributed by atoms with Gasteiger partial charge in [0, 0.05) is 13.1 Å². The normalized spacial score (nSPS) is 12.8. The first-order valence-corrected chi connectivity index (χ1v) is 6.61. The van der Waals surface area contributed by atoms with Crippen LogP contribution in [0, 0.1) is 5.82 Å². The van der Waals surface area contributed by atoms with E-state index in [1.807, 2.05) is 18.5 Å². The SMILES string of the molecule is CC(Nc1nc2cc(F)ccc2s1)c1nncn1C. The van der Waals surface area contributed by atoms with Crippen molar-refractivity contribution in [1.29, 1.82) is 0 Å². The van der Waals surface area contributed by atoms with E-state index in [4.69, 9.17) is 0 Å². The Kier molecular flexibility index (Phi) is 2.90. The van der Waals surface area contributed by atoms with Gasteiger partial charge in [0.2, 0.25) is 0 Å². The fraction of sp³-hybridized carbons (Fsp3) is 0.250. The zero-order chi connectivity index (χ0) is 13.4. The minimum absolute atomic E-state index is 0.0158. The predicted octanol–water partition coefficient (Wildman–Crippen LogP) is 2.74. The topological polar surface area (TPSA) is 55.6 Å². The summed E-state index contributed by atoms with van der Waals surface area (Å²) in [5.74, 6) is 0.552. The second-order valence-electron chi connectivity index (χ2n) is 4.30. The summed E-state index contributed by atoms with van der Waals surface area (Å²) < 4.78 is 15.9. The quantitative estimate of drug-likeness (QED) is 0.799. The zero-order valence-corrected chi connectivity index (χ0v) is 11.3. The number of thiazole rings is 1. The van der Waals surface area contributed by atoms with Crippen LogP contribution in [0.1, 0.15) is 18.8 Å². The predicted molar refractivity (Wildman–Crippen MR) is 72.6 cm³/mol. The van der Waals surface area contributed by atoms with Crippen molar-refractivity contribution in [3.05, 3.63) is 36.2 Å². The molecule has 0 radical (unpaired) electrons. The number of nitrogens with one attached hydrogen (secondary N) is 1. The van der Waals surface area contributed by atoms with Crippen LogP contribution in [0.5, 0.6) is 0 Å². The number of halogens is 1. The van der Waals surface area contributed by atoms with Gasteiger partial charge in [-0.15, -0.1) is 10.2 Å². The van der Waals surface area contributed by atoms with E-state index >= 15 is 0 Å². The fourth-order valence-corrected chi connectivity index (χ4v) is 2.83. The molecule has 0 amide bonds. The van der Waals surface area contributed by atoms with Crippen molar-refractivity contribution >= 4 is 26.7 Å². The van der Waals surface area contributed by atoms with E-state index in [2.05, 4.69) is 20.5 Å². The van der Waals surface area contributed by atoms with E-state index in [9.17, 15) is 4.39 Å². The van der Waals surface area contributed by atoms with Crippen molar-refractivity contribution < 1.29 is 4.39 Å². The summed E-state index contributed by atoms with van der Waals surface area (Å²) in [5.41, 5.74) is 0.665. The van der Waals surface area contributed by atoms with Crippen LogP contribution in [-0.2, 0) is 7.05 Å². The summed E-state index contributed by atoms with van der Waals surface area (Å²) in [4.78, 5) is 4.36. The third-order valence-corrected chi connectivity index (χ3v) is 3.79. The molecule has 5 nitrogen and oxygen atoms in total. The molecule has 7 heteroatoms. The maximum atomic E-state index is 13.1. The summed E-state index contributed by atoms with van der Waals surface area (Å²) in [6.07, 6.45) is 1.65. The Morgan fingerprint density at radius 2 is 2.26 bits per heavy atom. The molecule has 0 aliphatic rings. The lowest BCUT2D eigenvalue weighted by molar-refractivity contribution is 0.629. The largest absolute Gasteiger partial charge is 0.352 e. The van der Waals surface area contributed by atoms with Gasteiger partial charge in [0.05, 0.1) is 16.3 Å². The van der Waals surface area contributed by atoms with Gasteiger partial charge in [0.25, 0.3) is 0 Å². The Morgan fingerprint density at radius 3 is 3.00 bits per heavy atom. The van der Waals surface area contributed by atoms with Crippen molar-refractivity contribution in [2.45, 2.75) is 13.0 Å². The van der Waals surface area contributed by atoms with Gasteiger partial charge in [-0.1, -0.05) is 11.3 Å². The van der Waals surface area contributed by atoms with Gasteiger partial charge in [-0.25, -0.2) is 9.37 Å². The molecule has 0 fully saturated rings. The van der Waals surface area contributed by atoms with E-state index in [0.29, 0.717) is 5.52 Å². The Bertz CT molecular complexity index is 720. The first-order valence-electron chi connectivity index (χ1n) is 5.80. The molecule has 1 N–H and O–H groups in total. The number of aromatic nitrogens is 4. The summed E-state index contributed by atoms with van der Waals surface area (Å²) in [6, 6.07) is 4.60. The molecule has 2 heterocycles. The second kappa shape index (κ2) is 4.58. The van der Waals surface area contributed by atoms with Crippen molar-refractivity contribution in [2.75, 3.05) is 5.32 Å². The van der Waals surface area contributed by atoms with Gasteiger partial charge >= 0.3 is 0 Å². The fourth-order valence-electron chi connectivity index (χ4n) is 1.90. The van der Waals surface area contributed by atoms with Crippen LogP contribution < -0.4 is 5.32 Å². The number of hydrogen-bond donors (Lipinski definition) is 1. The number of fused-ring (bicyclic) bond motifs is 1. The molecule has 3 aromatic rings. The summed E-state index contributed by atoms with van der Waals surface area (Å²) in [6.45, 7) is 1.98. The lowest BCUT2D eigenvalue weighted by Crippen LogP contribution is -2.11. The van der Waals surface area contributed by atoms with Crippen LogP contribution in [0.15, 0.2) is 24.5 Å². The molecule has 0 bridgehead atoms. The standard InChI is InChI=1S/C12H12FN5S/c1-7(11-17-14-6-18(11)2)15-12-16-9-5-8(13)3-4-10(9)19-12/h3-7H,1-2H3,(H,15,16). The molecular formula is C12H12FN5S. The van der Waals surface area contributed by atoms with Gasteiger partial charge in [0.1, 0.15) is 12.1 Å². The number of aryl methyl sites for hydroxylation is 1. The minimum atomic E-state index is -0.273. The molecule has 1 unspecified atom stereocenters. The highest BCUT2D eigenvalue weighted by atomic mass is 32.1. The summed E-state index contributed by atoms with van der Waals surface area (Å²) in [5, 5.41) is 11.9. The van der Waals surface area contributed by atoms with Crippen molar-refractivity contribution in [2.24, 2.45) is 7.05 Å².